The highest BCUT2D eigenvalue weighted by Crippen LogP contribution is 2.42. The van der Waals surface area contributed by atoms with Crippen molar-refractivity contribution in [3.05, 3.63) is 89.7 Å². The Hall–Kier alpha value is -2.36. The van der Waals surface area contributed by atoms with Crippen molar-refractivity contribution < 1.29 is 14.2 Å². The SMILES string of the molecule is CO[C@H]1CC[C@@]2(C=CC(=C(c3ccccc3)c3ccccc3)O2)O1. The van der Waals surface area contributed by atoms with Crippen LogP contribution >= 0.6 is 0 Å². The fourth-order valence-corrected chi connectivity index (χ4v) is 3.28. The maximum atomic E-state index is 6.28. The minimum absolute atomic E-state index is 0.203. The molecule has 24 heavy (non-hydrogen) atoms. The number of methoxy groups -OCH3 is 1. The molecule has 1 spiro atoms. The van der Waals surface area contributed by atoms with Gasteiger partial charge in [0.2, 0.25) is 5.79 Å². The maximum Gasteiger partial charge on any atom is 0.233 e. The van der Waals surface area contributed by atoms with Gasteiger partial charge < -0.3 is 14.2 Å². The van der Waals surface area contributed by atoms with Crippen LogP contribution in [0.15, 0.2) is 78.6 Å². The van der Waals surface area contributed by atoms with Gasteiger partial charge in [0.15, 0.2) is 6.29 Å². The summed E-state index contributed by atoms with van der Waals surface area (Å²) in [7, 11) is 1.67. The van der Waals surface area contributed by atoms with Crippen LogP contribution < -0.4 is 0 Å². The molecule has 122 valence electrons. The minimum Gasteiger partial charge on any atom is -0.458 e. The first-order chi connectivity index (χ1) is 11.8. The van der Waals surface area contributed by atoms with Crippen molar-refractivity contribution in [2.75, 3.05) is 7.11 Å². The first kappa shape index (κ1) is 15.2. The lowest BCUT2D eigenvalue weighted by Gasteiger charge is -2.23. The zero-order valence-corrected chi connectivity index (χ0v) is 13.6. The number of hydrogen-bond donors (Lipinski definition) is 0. The molecule has 0 aromatic heterocycles. The second-order valence-electron chi connectivity index (χ2n) is 6.04. The van der Waals surface area contributed by atoms with Gasteiger partial charge in [-0.15, -0.1) is 0 Å². The Labute approximate surface area is 142 Å². The van der Waals surface area contributed by atoms with E-state index in [2.05, 4.69) is 24.3 Å². The third kappa shape index (κ3) is 2.77. The first-order valence-corrected chi connectivity index (χ1v) is 8.24. The Morgan fingerprint density at radius 3 is 2.17 bits per heavy atom. The second-order valence-corrected chi connectivity index (χ2v) is 6.04. The van der Waals surface area contributed by atoms with Crippen LogP contribution in [0.3, 0.4) is 0 Å². The fraction of sp³-hybridized carbons (Fsp3) is 0.238. The third-order valence-electron chi connectivity index (χ3n) is 4.47. The van der Waals surface area contributed by atoms with E-state index in [1.165, 1.54) is 0 Å². The molecule has 0 radical (unpaired) electrons. The lowest BCUT2D eigenvalue weighted by molar-refractivity contribution is -0.218. The van der Waals surface area contributed by atoms with Crippen LogP contribution in [0.5, 0.6) is 0 Å². The molecule has 2 heterocycles. The van der Waals surface area contributed by atoms with Crippen molar-refractivity contribution in [3.63, 3.8) is 0 Å². The van der Waals surface area contributed by atoms with Gasteiger partial charge in [0.25, 0.3) is 0 Å². The topological polar surface area (TPSA) is 27.7 Å². The number of hydrogen-bond acceptors (Lipinski definition) is 3. The molecule has 4 rings (SSSR count). The summed E-state index contributed by atoms with van der Waals surface area (Å²) in [5.74, 6) is 0.148. The predicted molar refractivity (Wildman–Crippen MR) is 93.0 cm³/mol. The van der Waals surface area contributed by atoms with Crippen LogP contribution in [0.4, 0.5) is 0 Å². The lowest BCUT2D eigenvalue weighted by Crippen LogP contribution is -2.27. The number of benzene rings is 2. The van der Waals surface area contributed by atoms with Crippen molar-refractivity contribution in [1.29, 1.82) is 0 Å². The summed E-state index contributed by atoms with van der Waals surface area (Å²) in [5.41, 5.74) is 3.33. The molecule has 2 aromatic carbocycles. The second kappa shape index (κ2) is 6.27. The molecule has 2 atom stereocenters. The van der Waals surface area contributed by atoms with Gasteiger partial charge in [-0.3, -0.25) is 0 Å². The van der Waals surface area contributed by atoms with Gasteiger partial charge in [-0.05, 0) is 23.3 Å². The summed E-state index contributed by atoms with van der Waals surface area (Å²) in [6.07, 6.45) is 5.45. The van der Waals surface area contributed by atoms with Crippen molar-refractivity contribution in [1.82, 2.24) is 0 Å². The van der Waals surface area contributed by atoms with Gasteiger partial charge in [-0.25, -0.2) is 0 Å². The molecule has 0 N–H and O–H groups in total. The molecule has 3 nitrogen and oxygen atoms in total. The van der Waals surface area contributed by atoms with E-state index in [9.17, 15) is 0 Å². The number of allylic oxidation sites excluding steroid dienone is 1. The molecular formula is C21H20O3. The Morgan fingerprint density at radius 1 is 1.00 bits per heavy atom. The normalized spacial score (nSPS) is 25.2. The monoisotopic (exact) mass is 320 g/mol. The summed E-state index contributed by atoms with van der Waals surface area (Å²) < 4.78 is 17.5. The van der Waals surface area contributed by atoms with Crippen molar-refractivity contribution >= 4 is 5.57 Å². The standard InChI is InChI=1S/C21H20O3/c1-22-19-13-15-21(24-19)14-12-18(23-21)20(16-8-4-2-5-9-16)17-10-6-3-7-11-17/h2-12,14,19H,13,15H2,1H3/t19-,21-/m1/s1. The maximum absolute atomic E-state index is 6.28. The summed E-state index contributed by atoms with van der Waals surface area (Å²) in [6.45, 7) is 0. The summed E-state index contributed by atoms with van der Waals surface area (Å²) in [5, 5.41) is 0. The van der Waals surface area contributed by atoms with Gasteiger partial charge in [0, 0.05) is 25.5 Å². The van der Waals surface area contributed by atoms with Crippen LogP contribution in [0.1, 0.15) is 24.0 Å². The van der Waals surface area contributed by atoms with Crippen molar-refractivity contribution in [2.24, 2.45) is 0 Å². The molecule has 0 aliphatic carbocycles. The van der Waals surface area contributed by atoms with E-state index >= 15 is 0 Å². The molecule has 2 aromatic rings. The minimum atomic E-state index is -0.690. The molecule has 1 saturated heterocycles. The van der Waals surface area contributed by atoms with Crippen molar-refractivity contribution in [2.45, 2.75) is 24.9 Å². The Balaban J connectivity index is 1.75. The van der Waals surface area contributed by atoms with Crippen LogP contribution in [-0.2, 0) is 14.2 Å². The van der Waals surface area contributed by atoms with Crippen LogP contribution in [0, 0.1) is 0 Å². The van der Waals surface area contributed by atoms with Crippen LogP contribution in [0.2, 0.25) is 0 Å². The summed E-state index contributed by atoms with van der Waals surface area (Å²) >= 11 is 0. The quantitative estimate of drug-likeness (QED) is 0.832. The van der Waals surface area contributed by atoms with E-state index in [1.54, 1.807) is 7.11 Å². The van der Waals surface area contributed by atoms with Gasteiger partial charge in [0.05, 0.1) is 0 Å². The third-order valence-corrected chi connectivity index (χ3v) is 4.47. The molecule has 0 saturated carbocycles. The van der Waals surface area contributed by atoms with E-state index in [4.69, 9.17) is 14.2 Å². The Bertz CT molecular complexity index is 723. The van der Waals surface area contributed by atoms with Crippen LogP contribution in [0.25, 0.3) is 5.57 Å². The zero-order chi connectivity index (χ0) is 16.4. The fourth-order valence-electron chi connectivity index (χ4n) is 3.28. The average molecular weight is 320 g/mol. The molecule has 2 aliphatic rings. The largest absolute Gasteiger partial charge is 0.458 e. The Morgan fingerprint density at radius 2 is 1.62 bits per heavy atom. The van der Waals surface area contributed by atoms with Gasteiger partial charge >= 0.3 is 0 Å². The van der Waals surface area contributed by atoms with E-state index in [0.29, 0.717) is 0 Å². The zero-order valence-electron chi connectivity index (χ0n) is 13.6. The highest BCUT2D eigenvalue weighted by atomic mass is 16.8. The molecule has 0 unspecified atom stereocenters. The molecule has 3 heteroatoms. The van der Waals surface area contributed by atoms with E-state index in [1.807, 2.05) is 48.6 Å². The summed E-state index contributed by atoms with van der Waals surface area (Å²) in [4.78, 5) is 0. The Kier molecular flexibility index (Phi) is 3.97. The van der Waals surface area contributed by atoms with Crippen LogP contribution in [-0.4, -0.2) is 19.2 Å². The number of rotatable bonds is 3. The average Bonchev–Trinajstić information content (AvgIpc) is 3.24. The molecule has 0 bridgehead atoms. The van der Waals surface area contributed by atoms with E-state index < -0.39 is 5.79 Å². The summed E-state index contributed by atoms with van der Waals surface area (Å²) in [6, 6.07) is 20.6. The van der Waals surface area contributed by atoms with Gasteiger partial charge in [-0.2, -0.15) is 0 Å². The predicted octanol–water partition coefficient (Wildman–Crippen LogP) is 4.51. The van der Waals surface area contributed by atoms with E-state index in [0.717, 1.165) is 35.3 Å². The molecular weight excluding hydrogens is 300 g/mol. The van der Waals surface area contributed by atoms with Gasteiger partial charge in [-0.1, -0.05) is 60.7 Å². The first-order valence-electron chi connectivity index (χ1n) is 8.24. The molecule has 2 aliphatic heterocycles. The smallest absolute Gasteiger partial charge is 0.233 e. The molecule has 1 fully saturated rings. The van der Waals surface area contributed by atoms with E-state index in [-0.39, 0.29) is 6.29 Å². The highest BCUT2D eigenvalue weighted by Gasteiger charge is 2.44. The lowest BCUT2D eigenvalue weighted by atomic mass is 9.97. The number of ether oxygens (including phenoxy) is 3. The van der Waals surface area contributed by atoms with Gasteiger partial charge in [0.1, 0.15) is 5.76 Å². The van der Waals surface area contributed by atoms with Crippen molar-refractivity contribution in [3.8, 4) is 0 Å². The highest BCUT2D eigenvalue weighted by molar-refractivity contribution is 5.83. The molecule has 0 amide bonds.